The van der Waals surface area contributed by atoms with Crippen molar-refractivity contribution >= 4 is 110 Å². The van der Waals surface area contributed by atoms with Crippen molar-refractivity contribution in [2.75, 3.05) is 55.2 Å². The lowest BCUT2D eigenvalue weighted by Gasteiger charge is -2.24. The fraction of sp³-hybridized carbons (Fsp3) is 0.250. The Morgan fingerprint density at radius 2 is 1.39 bits per heavy atom. The zero-order chi connectivity index (χ0) is 32.9. The molecule has 3 aromatic rings. The van der Waals surface area contributed by atoms with E-state index >= 15 is 0 Å². The zero-order valence-electron chi connectivity index (χ0n) is 24.5. The SMILES string of the molecule is NCCN(CCNC(=S)Nc1ccn(C(=S)Nc2ccc(Cl)cc2)n1)CCNC(=S)NC1C=CN(C(=S)Nc2ccc(Cl)cc2)N1. The van der Waals surface area contributed by atoms with Crippen LogP contribution in [0, 0.1) is 0 Å². The second-order valence-corrected chi connectivity index (χ2v) is 12.2. The molecule has 12 nitrogen and oxygen atoms in total. The maximum Gasteiger partial charge on any atom is 0.198 e. The van der Waals surface area contributed by atoms with E-state index in [1.807, 2.05) is 36.5 Å². The molecule has 2 aromatic carbocycles. The third-order valence-corrected chi connectivity index (χ3v) is 7.91. The summed E-state index contributed by atoms with van der Waals surface area (Å²) in [6, 6.07) is 16.3. The molecular formula is C28H34Cl2N12S4. The molecular weight excluding hydrogens is 704 g/mol. The number of hydrazine groups is 1. The van der Waals surface area contributed by atoms with E-state index in [1.165, 1.54) is 0 Å². The number of anilines is 3. The molecule has 0 bridgehead atoms. The Morgan fingerprint density at radius 3 is 2.00 bits per heavy atom. The van der Waals surface area contributed by atoms with Gasteiger partial charge in [-0.1, -0.05) is 23.2 Å². The van der Waals surface area contributed by atoms with E-state index in [0.717, 1.165) is 31.0 Å². The predicted octanol–water partition coefficient (Wildman–Crippen LogP) is 3.50. The van der Waals surface area contributed by atoms with Crippen LogP contribution < -0.4 is 43.1 Å². The van der Waals surface area contributed by atoms with Gasteiger partial charge in [0.25, 0.3) is 0 Å². The molecule has 0 fully saturated rings. The maximum absolute atomic E-state index is 5.95. The molecule has 2 heterocycles. The number of aromatic nitrogens is 2. The van der Waals surface area contributed by atoms with Crippen molar-refractivity contribution < 1.29 is 0 Å². The first-order valence-corrected chi connectivity index (χ1v) is 16.5. The first-order chi connectivity index (χ1) is 22.2. The fourth-order valence-corrected chi connectivity index (χ4v) is 5.21. The number of thiocarbonyl (C=S) groups is 4. The van der Waals surface area contributed by atoms with Crippen LogP contribution in [0.2, 0.25) is 10.0 Å². The Hall–Kier alpha value is -3.19. The van der Waals surface area contributed by atoms with Gasteiger partial charge >= 0.3 is 0 Å². The van der Waals surface area contributed by atoms with Crippen LogP contribution in [0.25, 0.3) is 0 Å². The first-order valence-electron chi connectivity index (χ1n) is 14.1. The number of halogens is 2. The molecule has 4 rings (SSSR count). The van der Waals surface area contributed by atoms with Crippen molar-refractivity contribution in [2.24, 2.45) is 5.73 Å². The molecule has 0 saturated carbocycles. The van der Waals surface area contributed by atoms with Gasteiger partial charge in [0.15, 0.2) is 26.3 Å². The van der Waals surface area contributed by atoms with Gasteiger partial charge in [0, 0.05) is 79.2 Å². The van der Waals surface area contributed by atoms with Gasteiger partial charge in [-0.05, 0) is 103 Å². The van der Waals surface area contributed by atoms with Gasteiger partial charge in [-0.15, -0.1) is 5.10 Å². The largest absolute Gasteiger partial charge is 0.361 e. The highest BCUT2D eigenvalue weighted by atomic mass is 35.5. The van der Waals surface area contributed by atoms with E-state index in [-0.39, 0.29) is 6.17 Å². The molecule has 1 aliphatic rings. The molecule has 46 heavy (non-hydrogen) atoms. The minimum absolute atomic E-state index is 0.218. The van der Waals surface area contributed by atoms with Crippen LogP contribution in [-0.4, -0.2) is 85.6 Å². The van der Waals surface area contributed by atoms with Crippen molar-refractivity contribution in [2.45, 2.75) is 6.17 Å². The van der Waals surface area contributed by atoms with Gasteiger partial charge in [0.2, 0.25) is 0 Å². The Balaban J connectivity index is 1.10. The lowest BCUT2D eigenvalue weighted by molar-refractivity contribution is 0.289. The first kappa shape index (κ1) is 35.7. The van der Waals surface area contributed by atoms with Gasteiger partial charge in [-0.3, -0.25) is 9.91 Å². The summed E-state index contributed by atoms with van der Waals surface area (Å²) in [5, 5.41) is 28.3. The Labute approximate surface area is 299 Å². The molecule has 244 valence electrons. The molecule has 1 aromatic heterocycles. The molecule has 1 aliphatic heterocycles. The van der Waals surface area contributed by atoms with Gasteiger partial charge in [-0.2, -0.15) is 0 Å². The molecule has 0 radical (unpaired) electrons. The summed E-state index contributed by atoms with van der Waals surface area (Å²) in [4.78, 5) is 2.22. The number of benzene rings is 2. The standard InChI is InChI=1S/C28H34Cl2N12S4/c29-19-1-5-21(6-2-19)34-27(45)41-14-9-23(38-41)36-25(43)32-12-17-40(16-11-31)18-13-33-26(44)37-24-10-15-42(39-24)28(46)35-22-7-3-20(30)4-8-22/h1-10,14-15,23,38H,11-13,16-18,31H2,(H,34,45)(H,35,46)(H2,32,36,43)(H2,33,37,39,44). The summed E-state index contributed by atoms with van der Waals surface area (Å²) in [5.74, 6) is 0.566. The maximum atomic E-state index is 5.95. The van der Waals surface area contributed by atoms with E-state index in [4.69, 9.17) is 77.8 Å². The van der Waals surface area contributed by atoms with Gasteiger partial charge in [0.1, 0.15) is 6.17 Å². The predicted molar refractivity (Wildman–Crippen MR) is 204 cm³/mol. The number of nitrogens with one attached hydrogen (secondary N) is 7. The summed E-state index contributed by atoms with van der Waals surface area (Å²) in [5.41, 5.74) is 10.7. The van der Waals surface area contributed by atoms with E-state index in [9.17, 15) is 0 Å². The topological polar surface area (TPSA) is 135 Å². The number of hydrogen-bond donors (Lipinski definition) is 8. The quantitative estimate of drug-likeness (QED) is 0.129. The molecule has 0 aliphatic carbocycles. The van der Waals surface area contributed by atoms with E-state index in [1.54, 1.807) is 46.2 Å². The van der Waals surface area contributed by atoms with Crippen LogP contribution in [0.4, 0.5) is 17.2 Å². The summed E-state index contributed by atoms with van der Waals surface area (Å²) in [6.07, 6.45) is 5.28. The molecule has 1 unspecified atom stereocenters. The van der Waals surface area contributed by atoms with Crippen molar-refractivity contribution in [3.05, 3.63) is 83.1 Å². The Morgan fingerprint density at radius 1 is 0.804 bits per heavy atom. The average molecular weight is 738 g/mol. The number of hydrogen-bond acceptors (Lipinski definition) is 8. The third-order valence-electron chi connectivity index (χ3n) is 6.31. The van der Waals surface area contributed by atoms with Crippen LogP contribution in [0.1, 0.15) is 0 Å². The van der Waals surface area contributed by atoms with Crippen molar-refractivity contribution in [3.63, 3.8) is 0 Å². The lowest BCUT2D eigenvalue weighted by Crippen LogP contribution is -2.52. The van der Waals surface area contributed by atoms with Gasteiger partial charge in [0.05, 0.1) is 0 Å². The number of nitrogens with zero attached hydrogens (tertiary/aromatic N) is 4. The van der Waals surface area contributed by atoms with E-state index in [0.29, 0.717) is 55.9 Å². The van der Waals surface area contributed by atoms with Crippen LogP contribution in [-0.2, 0) is 0 Å². The smallest absolute Gasteiger partial charge is 0.198 e. The number of nitrogens with two attached hydrogens (primary N) is 1. The van der Waals surface area contributed by atoms with Crippen LogP contribution in [0.5, 0.6) is 0 Å². The second kappa shape index (κ2) is 18.2. The summed E-state index contributed by atoms with van der Waals surface area (Å²) in [6.45, 7) is 3.97. The number of rotatable bonds is 12. The minimum Gasteiger partial charge on any atom is -0.361 e. The van der Waals surface area contributed by atoms with Crippen molar-refractivity contribution in [1.82, 2.24) is 41.1 Å². The summed E-state index contributed by atoms with van der Waals surface area (Å²) in [7, 11) is 0. The summed E-state index contributed by atoms with van der Waals surface area (Å²) >= 11 is 33.7. The van der Waals surface area contributed by atoms with Crippen LogP contribution in [0.15, 0.2) is 73.1 Å². The Kier molecular flexibility index (Phi) is 14.1. The second-order valence-electron chi connectivity index (χ2n) is 9.75. The highest BCUT2D eigenvalue weighted by Crippen LogP contribution is 2.15. The monoisotopic (exact) mass is 736 g/mol. The average Bonchev–Trinajstić information content (AvgIpc) is 3.69. The Bertz CT molecular complexity index is 1520. The normalized spacial score (nSPS) is 13.7. The highest BCUT2D eigenvalue weighted by molar-refractivity contribution is 7.81. The highest BCUT2D eigenvalue weighted by Gasteiger charge is 2.19. The minimum atomic E-state index is -0.218. The molecule has 0 amide bonds. The van der Waals surface area contributed by atoms with Crippen LogP contribution >= 0.6 is 72.1 Å². The molecule has 9 N–H and O–H groups in total. The van der Waals surface area contributed by atoms with Gasteiger partial charge in [-0.25, -0.2) is 10.1 Å². The zero-order valence-corrected chi connectivity index (χ0v) is 29.3. The van der Waals surface area contributed by atoms with Crippen molar-refractivity contribution in [1.29, 1.82) is 0 Å². The van der Waals surface area contributed by atoms with Crippen LogP contribution in [0.3, 0.4) is 0 Å². The van der Waals surface area contributed by atoms with E-state index < -0.39 is 0 Å². The lowest BCUT2D eigenvalue weighted by atomic mass is 10.3. The van der Waals surface area contributed by atoms with Crippen molar-refractivity contribution in [3.8, 4) is 0 Å². The molecule has 0 spiro atoms. The van der Waals surface area contributed by atoms with Gasteiger partial charge < -0.3 is 37.6 Å². The molecule has 1 atom stereocenters. The molecule has 18 heteroatoms. The fourth-order valence-electron chi connectivity index (χ4n) is 4.08. The van der Waals surface area contributed by atoms with E-state index in [2.05, 4.69) is 47.3 Å². The molecule has 0 saturated heterocycles. The third kappa shape index (κ3) is 11.9. The summed E-state index contributed by atoms with van der Waals surface area (Å²) < 4.78 is 1.55.